The number of rotatable bonds is 2. The Balaban J connectivity index is 2.31. The molecule has 0 saturated carbocycles. The van der Waals surface area contributed by atoms with Gasteiger partial charge in [0.25, 0.3) is 0 Å². The maximum atomic E-state index is 10.6. The molecule has 0 bridgehead atoms. The molecule has 1 atom stereocenters. The zero-order valence-electron chi connectivity index (χ0n) is 4.80. The number of ether oxygens (including phenoxy) is 2. The van der Waals surface area contributed by atoms with E-state index in [4.69, 9.17) is 16.3 Å². The van der Waals surface area contributed by atoms with Crippen molar-refractivity contribution >= 4 is 17.6 Å². The van der Waals surface area contributed by atoms with Crippen LogP contribution in [0.1, 0.15) is 6.42 Å². The van der Waals surface area contributed by atoms with Crippen molar-refractivity contribution in [1.82, 2.24) is 0 Å². The van der Waals surface area contributed by atoms with Gasteiger partial charge in [-0.25, -0.2) is 4.79 Å². The summed E-state index contributed by atoms with van der Waals surface area (Å²) in [6.45, 7) is 0.459. The van der Waals surface area contributed by atoms with Crippen LogP contribution in [0.5, 0.6) is 0 Å². The van der Waals surface area contributed by atoms with E-state index in [1.807, 2.05) is 0 Å². The average Bonchev–Trinajstić information content (AvgIpc) is 2.18. The normalized spacial score (nSPS) is 26.3. The third kappa shape index (κ3) is 1.56. The summed E-state index contributed by atoms with van der Waals surface area (Å²) in [6.07, 6.45) is 0.216. The third-order valence-electron chi connectivity index (χ3n) is 1.15. The van der Waals surface area contributed by atoms with Gasteiger partial charge in [0.1, 0.15) is 6.07 Å². The van der Waals surface area contributed by atoms with E-state index in [1.165, 1.54) is 0 Å². The van der Waals surface area contributed by atoms with Crippen molar-refractivity contribution < 1.29 is 14.3 Å². The predicted molar refractivity (Wildman–Crippen MR) is 31.2 cm³/mol. The van der Waals surface area contributed by atoms with Crippen LogP contribution in [-0.4, -0.2) is 24.7 Å². The van der Waals surface area contributed by atoms with E-state index in [0.29, 0.717) is 13.0 Å². The topological polar surface area (TPSA) is 35.5 Å². The molecular formula is C5H7ClO3. The first-order valence-electron chi connectivity index (χ1n) is 2.69. The summed E-state index contributed by atoms with van der Waals surface area (Å²) in [6, 6.07) is 0.0553. The fourth-order valence-electron chi connectivity index (χ4n) is 0.705. The molecule has 1 aliphatic rings. The molecule has 0 N–H and O–H groups in total. The van der Waals surface area contributed by atoms with Gasteiger partial charge in [0, 0.05) is 6.42 Å². The van der Waals surface area contributed by atoms with Gasteiger partial charge < -0.3 is 9.47 Å². The second-order valence-corrected chi connectivity index (χ2v) is 1.94. The summed E-state index contributed by atoms with van der Waals surface area (Å²) in [5.41, 5.74) is 0. The van der Waals surface area contributed by atoms with Gasteiger partial charge in [0.2, 0.25) is 0 Å². The molecule has 52 valence electrons. The number of esters is 1. The lowest BCUT2D eigenvalue weighted by Gasteiger charge is -2.01. The van der Waals surface area contributed by atoms with Crippen LogP contribution < -0.4 is 0 Å². The lowest BCUT2D eigenvalue weighted by atomic mass is 10.3. The molecule has 0 spiro atoms. The first-order valence-corrected chi connectivity index (χ1v) is 3.22. The van der Waals surface area contributed by atoms with Gasteiger partial charge in [-0.05, 0) is 0 Å². The summed E-state index contributed by atoms with van der Waals surface area (Å²) in [5.74, 6) is -0.296. The summed E-state index contributed by atoms with van der Waals surface area (Å²) in [5, 5.41) is 0. The van der Waals surface area contributed by atoms with E-state index in [9.17, 15) is 4.79 Å². The summed E-state index contributed by atoms with van der Waals surface area (Å²) in [4.78, 5) is 10.6. The largest absolute Gasteiger partial charge is 0.464 e. The van der Waals surface area contributed by atoms with Crippen molar-refractivity contribution in [1.29, 1.82) is 0 Å². The molecule has 9 heavy (non-hydrogen) atoms. The molecule has 0 radical (unpaired) electrons. The second kappa shape index (κ2) is 3.03. The number of halogens is 1. The molecule has 1 saturated heterocycles. The minimum atomic E-state index is -0.414. The highest BCUT2D eigenvalue weighted by Crippen LogP contribution is 2.09. The van der Waals surface area contributed by atoms with Crippen LogP contribution in [0.25, 0.3) is 0 Å². The van der Waals surface area contributed by atoms with Crippen molar-refractivity contribution in [3.8, 4) is 0 Å². The Kier molecular flexibility index (Phi) is 2.30. The zero-order chi connectivity index (χ0) is 6.69. The molecule has 0 amide bonds. The molecule has 0 aliphatic carbocycles. The van der Waals surface area contributed by atoms with Crippen LogP contribution in [-0.2, 0) is 14.3 Å². The summed E-state index contributed by atoms with van der Waals surface area (Å²) in [7, 11) is 0. The van der Waals surface area contributed by atoms with Gasteiger partial charge in [-0.3, -0.25) is 0 Å². The van der Waals surface area contributed by atoms with Gasteiger partial charge in [-0.2, -0.15) is 0 Å². The Morgan fingerprint density at radius 1 is 1.89 bits per heavy atom. The summed E-state index contributed by atoms with van der Waals surface area (Å²) < 4.78 is 9.40. The van der Waals surface area contributed by atoms with Crippen LogP contribution in [0.4, 0.5) is 0 Å². The average molecular weight is 151 g/mol. The number of hydrogen-bond acceptors (Lipinski definition) is 3. The van der Waals surface area contributed by atoms with Gasteiger partial charge in [-0.1, -0.05) is 11.6 Å². The predicted octanol–water partition coefficient (Wildman–Crippen LogP) is 0.515. The highest BCUT2D eigenvalue weighted by Gasteiger charge is 2.26. The molecule has 0 aromatic heterocycles. The smallest absolute Gasteiger partial charge is 0.335 e. The van der Waals surface area contributed by atoms with Crippen LogP contribution >= 0.6 is 11.6 Å². The third-order valence-corrected chi connectivity index (χ3v) is 1.28. The number of alkyl halides is 1. The monoisotopic (exact) mass is 150 g/mol. The van der Waals surface area contributed by atoms with Crippen LogP contribution in [0.2, 0.25) is 0 Å². The van der Waals surface area contributed by atoms with Crippen molar-refractivity contribution in [2.75, 3.05) is 12.7 Å². The minimum absolute atomic E-state index is 0.0553. The Hall–Kier alpha value is -0.280. The van der Waals surface area contributed by atoms with E-state index < -0.39 is 6.10 Å². The maximum absolute atomic E-state index is 10.6. The molecular weight excluding hydrogens is 144 g/mol. The van der Waals surface area contributed by atoms with E-state index in [1.54, 1.807) is 0 Å². The van der Waals surface area contributed by atoms with E-state index >= 15 is 0 Å². The van der Waals surface area contributed by atoms with Gasteiger partial charge in [-0.15, -0.1) is 0 Å². The van der Waals surface area contributed by atoms with Crippen LogP contribution in [0.15, 0.2) is 0 Å². The molecule has 1 rings (SSSR count). The van der Waals surface area contributed by atoms with E-state index in [-0.39, 0.29) is 12.0 Å². The Morgan fingerprint density at radius 2 is 2.67 bits per heavy atom. The number of carbonyl (C=O) groups is 1. The zero-order valence-corrected chi connectivity index (χ0v) is 5.56. The van der Waals surface area contributed by atoms with E-state index in [2.05, 4.69) is 4.74 Å². The van der Waals surface area contributed by atoms with Crippen molar-refractivity contribution in [3.05, 3.63) is 0 Å². The molecule has 4 heteroatoms. The fraction of sp³-hybridized carbons (Fsp3) is 0.800. The molecule has 1 aliphatic heterocycles. The van der Waals surface area contributed by atoms with Crippen LogP contribution in [0, 0.1) is 0 Å². The Bertz CT molecular complexity index is 115. The summed E-state index contributed by atoms with van der Waals surface area (Å²) >= 11 is 5.22. The van der Waals surface area contributed by atoms with Gasteiger partial charge in [0.15, 0.2) is 6.10 Å². The molecule has 1 heterocycles. The molecule has 1 unspecified atom stereocenters. The minimum Gasteiger partial charge on any atom is -0.464 e. The number of carbonyl (C=O) groups excluding carboxylic acids is 1. The molecule has 3 nitrogen and oxygen atoms in total. The van der Waals surface area contributed by atoms with Crippen molar-refractivity contribution in [2.24, 2.45) is 0 Å². The lowest BCUT2D eigenvalue weighted by molar-refractivity contribution is -0.146. The highest BCUT2D eigenvalue weighted by atomic mass is 35.5. The fourth-order valence-corrected chi connectivity index (χ4v) is 0.857. The molecule has 0 aromatic carbocycles. The quantitative estimate of drug-likeness (QED) is 0.425. The first-order chi connectivity index (χ1) is 4.34. The lowest BCUT2D eigenvalue weighted by Crippen LogP contribution is -2.17. The highest BCUT2D eigenvalue weighted by molar-refractivity contribution is 6.17. The SMILES string of the molecule is O=C1OCCC1OCCl. The second-order valence-electron chi connectivity index (χ2n) is 1.72. The van der Waals surface area contributed by atoms with Crippen molar-refractivity contribution in [2.45, 2.75) is 12.5 Å². The number of cyclic esters (lactones) is 1. The van der Waals surface area contributed by atoms with Crippen LogP contribution in [0.3, 0.4) is 0 Å². The first kappa shape index (κ1) is 6.83. The Labute approximate surface area is 57.9 Å². The molecule has 1 fully saturated rings. The van der Waals surface area contributed by atoms with Gasteiger partial charge in [0.05, 0.1) is 6.61 Å². The number of hydrogen-bond donors (Lipinski definition) is 0. The maximum Gasteiger partial charge on any atom is 0.335 e. The Morgan fingerprint density at radius 3 is 3.11 bits per heavy atom. The molecule has 0 aromatic rings. The van der Waals surface area contributed by atoms with Crippen molar-refractivity contribution in [3.63, 3.8) is 0 Å². The van der Waals surface area contributed by atoms with E-state index in [0.717, 1.165) is 0 Å². The standard InChI is InChI=1S/C5H7ClO3/c6-3-9-4-1-2-8-5(4)7/h4H,1-3H2. The van der Waals surface area contributed by atoms with Gasteiger partial charge >= 0.3 is 5.97 Å².